The van der Waals surface area contributed by atoms with Crippen LogP contribution in [0.3, 0.4) is 0 Å². The van der Waals surface area contributed by atoms with Gasteiger partial charge in [0.25, 0.3) is 0 Å². The number of hydrogen-bond donors (Lipinski definition) is 2. The van der Waals surface area contributed by atoms with Gasteiger partial charge in [-0.2, -0.15) is 0 Å². The predicted molar refractivity (Wildman–Crippen MR) is 83.4 cm³/mol. The second kappa shape index (κ2) is 5.38. The minimum absolute atomic E-state index is 0.121. The summed E-state index contributed by atoms with van der Waals surface area (Å²) in [5.74, 6) is 1.26. The SMILES string of the molecule is Cc1cc(C)c(S(=O)(=O)NC2CC3CCC2C3)cc1CN. The molecule has 0 saturated heterocycles. The highest BCUT2D eigenvalue weighted by Crippen LogP contribution is 2.44. The first-order valence-corrected chi connectivity index (χ1v) is 9.21. The van der Waals surface area contributed by atoms with Gasteiger partial charge in [0.1, 0.15) is 0 Å². The Kier molecular flexibility index (Phi) is 3.84. The summed E-state index contributed by atoms with van der Waals surface area (Å²) >= 11 is 0. The molecular weight excluding hydrogens is 284 g/mol. The molecule has 3 N–H and O–H groups in total. The van der Waals surface area contributed by atoms with E-state index >= 15 is 0 Å². The van der Waals surface area contributed by atoms with Crippen LogP contribution in [0.4, 0.5) is 0 Å². The van der Waals surface area contributed by atoms with Crippen LogP contribution in [0.1, 0.15) is 42.4 Å². The maximum atomic E-state index is 12.7. The highest BCUT2D eigenvalue weighted by Gasteiger charge is 2.41. The molecule has 2 saturated carbocycles. The highest BCUT2D eigenvalue weighted by atomic mass is 32.2. The number of sulfonamides is 1. The van der Waals surface area contributed by atoms with E-state index in [1.165, 1.54) is 19.3 Å². The average molecular weight is 308 g/mol. The molecule has 116 valence electrons. The summed E-state index contributed by atoms with van der Waals surface area (Å²) in [6.45, 7) is 4.18. The van der Waals surface area contributed by atoms with Crippen molar-refractivity contribution >= 4 is 10.0 Å². The molecule has 1 aromatic carbocycles. The largest absolute Gasteiger partial charge is 0.326 e. The van der Waals surface area contributed by atoms with Crippen LogP contribution in [0.2, 0.25) is 0 Å². The third-order valence-electron chi connectivity index (χ3n) is 5.19. The minimum Gasteiger partial charge on any atom is -0.326 e. The molecule has 0 heterocycles. The Morgan fingerprint density at radius 3 is 2.52 bits per heavy atom. The topological polar surface area (TPSA) is 72.2 Å². The van der Waals surface area contributed by atoms with E-state index in [-0.39, 0.29) is 6.04 Å². The summed E-state index contributed by atoms with van der Waals surface area (Å²) < 4.78 is 28.4. The van der Waals surface area contributed by atoms with Crippen molar-refractivity contribution in [3.63, 3.8) is 0 Å². The standard InChI is InChI=1S/C16H24N2O2S/c1-10-5-11(2)16(8-14(10)9-17)21(19,20)18-15-7-12-3-4-13(15)6-12/h5,8,12-13,15,18H,3-4,6-7,9,17H2,1-2H3. The molecular formula is C16H24N2O2S. The molecule has 21 heavy (non-hydrogen) atoms. The fraction of sp³-hybridized carbons (Fsp3) is 0.625. The lowest BCUT2D eigenvalue weighted by Crippen LogP contribution is -2.38. The Hall–Kier alpha value is -0.910. The van der Waals surface area contributed by atoms with Crippen molar-refractivity contribution in [3.05, 3.63) is 28.8 Å². The molecule has 3 atom stereocenters. The van der Waals surface area contributed by atoms with Gasteiger partial charge in [-0.05, 0) is 67.7 Å². The van der Waals surface area contributed by atoms with Gasteiger partial charge in [-0.15, -0.1) is 0 Å². The molecule has 0 amide bonds. The maximum absolute atomic E-state index is 12.7. The maximum Gasteiger partial charge on any atom is 0.241 e. The van der Waals surface area contributed by atoms with Crippen LogP contribution < -0.4 is 10.5 Å². The van der Waals surface area contributed by atoms with Crippen LogP contribution >= 0.6 is 0 Å². The van der Waals surface area contributed by atoms with Gasteiger partial charge in [-0.25, -0.2) is 13.1 Å². The van der Waals surface area contributed by atoms with E-state index in [4.69, 9.17) is 5.73 Å². The lowest BCUT2D eigenvalue weighted by molar-refractivity contribution is 0.390. The Morgan fingerprint density at radius 2 is 1.95 bits per heavy atom. The molecule has 0 aliphatic heterocycles. The quantitative estimate of drug-likeness (QED) is 0.896. The second-order valence-corrected chi connectivity index (χ2v) is 8.33. The summed E-state index contributed by atoms with van der Waals surface area (Å²) in [5, 5.41) is 0. The minimum atomic E-state index is -3.45. The molecule has 3 unspecified atom stereocenters. The number of aryl methyl sites for hydroxylation is 2. The molecule has 0 aromatic heterocycles. The molecule has 2 bridgehead atoms. The molecule has 2 aliphatic carbocycles. The van der Waals surface area contributed by atoms with Crippen LogP contribution in [0.5, 0.6) is 0 Å². The van der Waals surface area contributed by atoms with Crippen LogP contribution in [0.15, 0.2) is 17.0 Å². The zero-order valence-corrected chi connectivity index (χ0v) is 13.5. The highest BCUT2D eigenvalue weighted by molar-refractivity contribution is 7.89. The molecule has 2 fully saturated rings. The van der Waals surface area contributed by atoms with Crippen molar-refractivity contribution in [2.24, 2.45) is 17.6 Å². The van der Waals surface area contributed by atoms with Crippen molar-refractivity contribution in [3.8, 4) is 0 Å². The first kappa shape index (κ1) is 15.0. The van der Waals surface area contributed by atoms with Gasteiger partial charge in [-0.3, -0.25) is 0 Å². The van der Waals surface area contributed by atoms with Crippen molar-refractivity contribution < 1.29 is 8.42 Å². The van der Waals surface area contributed by atoms with Crippen LogP contribution in [-0.2, 0) is 16.6 Å². The normalized spacial score (nSPS) is 28.2. The average Bonchev–Trinajstić information content (AvgIpc) is 3.00. The van der Waals surface area contributed by atoms with Gasteiger partial charge in [0.05, 0.1) is 4.90 Å². The van der Waals surface area contributed by atoms with Crippen LogP contribution in [0, 0.1) is 25.7 Å². The van der Waals surface area contributed by atoms with E-state index in [0.717, 1.165) is 29.0 Å². The van der Waals surface area contributed by atoms with Crippen molar-refractivity contribution in [1.82, 2.24) is 4.72 Å². The number of fused-ring (bicyclic) bond motifs is 2. The zero-order chi connectivity index (χ0) is 15.2. The fourth-order valence-corrected chi connectivity index (χ4v) is 5.63. The molecule has 4 nitrogen and oxygen atoms in total. The summed E-state index contributed by atoms with van der Waals surface area (Å²) in [6.07, 6.45) is 4.62. The van der Waals surface area contributed by atoms with Crippen molar-refractivity contribution in [2.75, 3.05) is 0 Å². The van der Waals surface area contributed by atoms with Gasteiger partial charge < -0.3 is 5.73 Å². The van der Waals surface area contributed by atoms with Gasteiger partial charge in [0.15, 0.2) is 0 Å². The van der Waals surface area contributed by atoms with E-state index in [2.05, 4.69) is 4.72 Å². The summed E-state index contributed by atoms with van der Waals surface area (Å²) in [6, 6.07) is 3.77. The van der Waals surface area contributed by atoms with Crippen LogP contribution in [0.25, 0.3) is 0 Å². The molecule has 1 aromatic rings. The zero-order valence-electron chi connectivity index (χ0n) is 12.7. The lowest BCUT2D eigenvalue weighted by atomic mass is 9.96. The van der Waals surface area contributed by atoms with Crippen LogP contribution in [-0.4, -0.2) is 14.5 Å². The summed E-state index contributed by atoms with van der Waals surface area (Å²) in [4.78, 5) is 0.385. The second-order valence-electron chi connectivity index (χ2n) is 6.65. The molecule has 5 heteroatoms. The van der Waals surface area contributed by atoms with Gasteiger partial charge in [0.2, 0.25) is 10.0 Å². The number of nitrogens with one attached hydrogen (secondary N) is 1. The summed E-state index contributed by atoms with van der Waals surface area (Å²) in [7, 11) is -3.45. The van der Waals surface area contributed by atoms with Crippen molar-refractivity contribution in [2.45, 2.75) is 57.0 Å². The number of benzene rings is 1. The number of rotatable bonds is 4. The van der Waals surface area contributed by atoms with Gasteiger partial charge >= 0.3 is 0 Å². The Labute approximate surface area is 127 Å². The monoisotopic (exact) mass is 308 g/mol. The van der Waals surface area contributed by atoms with Gasteiger partial charge in [-0.1, -0.05) is 12.5 Å². The first-order valence-electron chi connectivity index (χ1n) is 7.73. The van der Waals surface area contributed by atoms with E-state index < -0.39 is 10.0 Å². The Bertz CT molecular complexity index is 654. The van der Waals surface area contributed by atoms with E-state index in [1.807, 2.05) is 19.9 Å². The summed E-state index contributed by atoms with van der Waals surface area (Å²) in [5.41, 5.74) is 8.45. The third-order valence-corrected chi connectivity index (χ3v) is 6.82. The first-order chi connectivity index (χ1) is 9.90. The third kappa shape index (κ3) is 2.74. The van der Waals surface area contributed by atoms with Gasteiger partial charge in [0, 0.05) is 12.6 Å². The van der Waals surface area contributed by atoms with E-state index in [9.17, 15) is 8.42 Å². The predicted octanol–water partition coefficient (Wildman–Crippen LogP) is 2.23. The Balaban J connectivity index is 1.88. The van der Waals surface area contributed by atoms with Crippen molar-refractivity contribution in [1.29, 1.82) is 0 Å². The molecule has 0 spiro atoms. The van der Waals surface area contributed by atoms with E-state index in [0.29, 0.717) is 17.4 Å². The molecule has 2 aliphatic rings. The smallest absolute Gasteiger partial charge is 0.241 e. The number of hydrogen-bond acceptors (Lipinski definition) is 3. The molecule has 3 rings (SSSR count). The fourth-order valence-electron chi connectivity index (χ4n) is 4.04. The lowest BCUT2D eigenvalue weighted by Gasteiger charge is -2.23. The Morgan fingerprint density at radius 1 is 1.19 bits per heavy atom. The number of nitrogens with two attached hydrogens (primary N) is 1. The molecule has 0 radical (unpaired) electrons. The van der Waals surface area contributed by atoms with E-state index in [1.54, 1.807) is 6.07 Å².